The molecule has 1 unspecified atom stereocenters. The topological polar surface area (TPSA) is 126 Å². The number of methoxy groups -OCH3 is 1. The van der Waals surface area contributed by atoms with Crippen molar-refractivity contribution >= 4 is 17.3 Å². The van der Waals surface area contributed by atoms with E-state index in [1.807, 2.05) is 0 Å². The normalized spacial score (nSPS) is 12.6. The molecule has 1 N–H and O–H groups in total. The zero-order valence-corrected chi connectivity index (χ0v) is 14.1. The van der Waals surface area contributed by atoms with Gasteiger partial charge in [0.05, 0.1) is 30.1 Å². The molecule has 1 atom stereocenters. The minimum absolute atomic E-state index is 0.205. The number of halogens is 3. The van der Waals surface area contributed by atoms with Crippen LogP contribution in [0.25, 0.3) is 0 Å². The molecule has 0 aromatic carbocycles. The number of carbonyl (C=O) groups is 1. The fourth-order valence-corrected chi connectivity index (χ4v) is 1.95. The van der Waals surface area contributed by atoms with E-state index in [4.69, 9.17) is 4.74 Å². The summed E-state index contributed by atoms with van der Waals surface area (Å²) in [6.45, 7) is -0.429. The van der Waals surface area contributed by atoms with Gasteiger partial charge in [-0.1, -0.05) is 0 Å². The minimum Gasteiger partial charge on any atom is -0.475 e. The molecular weight excluding hydrogens is 377 g/mol. The van der Waals surface area contributed by atoms with E-state index < -0.39 is 42.1 Å². The van der Waals surface area contributed by atoms with E-state index in [0.717, 1.165) is 15.6 Å². The molecule has 0 saturated heterocycles. The minimum atomic E-state index is -4.45. The van der Waals surface area contributed by atoms with E-state index in [-0.39, 0.29) is 11.6 Å². The predicted octanol–water partition coefficient (Wildman–Crippen LogP) is 1.73. The van der Waals surface area contributed by atoms with Gasteiger partial charge in [0, 0.05) is 0 Å². The summed E-state index contributed by atoms with van der Waals surface area (Å²) in [5, 5.41) is 21.0. The molecule has 27 heavy (non-hydrogen) atoms. The van der Waals surface area contributed by atoms with Crippen molar-refractivity contribution in [1.82, 2.24) is 19.6 Å². The second-order valence-corrected chi connectivity index (χ2v) is 5.29. The summed E-state index contributed by atoms with van der Waals surface area (Å²) in [4.78, 5) is 22.5. The number of rotatable bonds is 8. The van der Waals surface area contributed by atoms with Gasteiger partial charge in [-0.3, -0.25) is 14.9 Å². The van der Waals surface area contributed by atoms with Crippen molar-refractivity contribution in [2.45, 2.75) is 25.9 Å². The van der Waals surface area contributed by atoms with Crippen LogP contribution in [0.1, 0.15) is 13.0 Å². The molecule has 0 saturated carbocycles. The second-order valence-electron chi connectivity index (χ2n) is 5.29. The lowest BCUT2D eigenvalue weighted by Gasteiger charge is -2.11. The van der Waals surface area contributed by atoms with Crippen molar-refractivity contribution in [3.8, 4) is 5.88 Å². The van der Waals surface area contributed by atoms with Gasteiger partial charge in [-0.15, -0.1) is 5.10 Å². The first-order valence-electron chi connectivity index (χ1n) is 7.36. The molecule has 1 amide bonds. The highest BCUT2D eigenvalue weighted by Crippen LogP contribution is 2.26. The largest absolute Gasteiger partial charge is 0.475 e. The fourth-order valence-electron chi connectivity index (χ4n) is 1.95. The molecule has 0 aliphatic heterocycles. The molecule has 2 aromatic heterocycles. The molecule has 0 radical (unpaired) electrons. The second kappa shape index (κ2) is 8.03. The summed E-state index contributed by atoms with van der Waals surface area (Å²) in [6.07, 6.45) is -0.911. The van der Waals surface area contributed by atoms with E-state index in [2.05, 4.69) is 20.3 Å². The van der Waals surface area contributed by atoms with E-state index in [9.17, 15) is 28.1 Å². The van der Waals surface area contributed by atoms with E-state index in [0.29, 0.717) is 0 Å². The zero-order valence-electron chi connectivity index (χ0n) is 14.1. The van der Waals surface area contributed by atoms with Crippen molar-refractivity contribution < 1.29 is 32.4 Å². The number of amides is 1. The number of anilines is 1. The molecule has 0 spiro atoms. The van der Waals surface area contributed by atoms with Crippen LogP contribution in [0, 0.1) is 10.1 Å². The lowest BCUT2D eigenvalue weighted by Crippen LogP contribution is -2.24. The number of alkyl halides is 3. The van der Waals surface area contributed by atoms with Gasteiger partial charge in [0.2, 0.25) is 5.91 Å². The van der Waals surface area contributed by atoms with Crippen LogP contribution in [-0.4, -0.2) is 50.3 Å². The number of ether oxygens (including phenoxy) is 2. The Morgan fingerprint density at radius 3 is 2.70 bits per heavy atom. The third-order valence-corrected chi connectivity index (χ3v) is 3.24. The molecular formula is C13H15F3N6O5. The molecule has 0 bridgehead atoms. The summed E-state index contributed by atoms with van der Waals surface area (Å²) >= 11 is 0. The lowest BCUT2D eigenvalue weighted by molar-refractivity contribution is -0.385. The van der Waals surface area contributed by atoms with Gasteiger partial charge in [0.25, 0.3) is 0 Å². The number of hydrogen-bond donors (Lipinski definition) is 1. The van der Waals surface area contributed by atoms with Crippen LogP contribution in [0.2, 0.25) is 0 Å². The molecule has 14 heteroatoms. The average Bonchev–Trinajstić information content (AvgIpc) is 3.19. The Balaban J connectivity index is 1.98. The Bertz CT molecular complexity index is 818. The number of aromatic nitrogens is 4. The molecule has 0 fully saturated rings. The summed E-state index contributed by atoms with van der Waals surface area (Å²) in [7, 11) is 1.21. The van der Waals surface area contributed by atoms with Gasteiger partial charge in [-0.2, -0.15) is 18.3 Å². The van der Waals surface area contributed by atoms with Crippen LogP contribution in [-0.2, 0) is 16.3 Å². The maximum atomic E-state index is 12.2. The van der Waals surface area contributed by atoms with Crippen LogP contribution in [0.5, 0.6) is 5.88 Å². The Labute approximate surface area is 149 Å². The molecule has 0 aliphatic carbocycles. The van der Waals surface area contributed by atoms with Gasteiger partial charge >= 0.3 is 17.7 Å². The van der Waals surface area contributed by atoms with Gasteiger partial charge < -0.3 is 14.8 Å². The smallest absolute Gasteiger partial charge is 0.411 e. The standard InChI is InChI=1S/C13H15F3N6O5/c1-8(21-5-10(22(24)25)12(19-21)26-2)11(23)18-9-3-17-20(4-9)7-27-6-13(14,15)16/h3-5,8H,6-7H2,1-2H3,(H,18,23). The number of nitro groups is 1. The van der Waals surface area contributed by atoms with Crippen molar-refractivity contribution in [2.75, 3.05) is 19.0 Å². The highest BCUT2D eigenvalue weighted by Gasteiger charge is 2.27. The highest BCUT2D eigenvalue weighted by molar-refractivity contribution is 5.93. The van der Waals surface area contributed by atoms with Gasteiger partial charge in [-0.05, 0) is 6.92 Å². The maximum absolute atomic E-state index is 12.2. The Hall–Kier alpha value is -3.16. The van der Waals surface area contributed by atoms with Crippen LogP contribution in [0.3, 0.4) is 0 Å². The molecule has 11 nitrogen and oxygen atoms in total. The molecule has 148 valence electrons. The number of nitrogens with zero attached hydrogens (tertiary/aromatic N) is 5. The average molecular weight is 392 g/mol. The Kier molecular flexibility index (Phi) is 5.99. The summed E-state index contributed by atoms with van der Waals surface area (Å²) in [5.41, 5.74) is -0.192. The molecule has 2 rings (SSSR count). The van der Waals surface area contributed by atoms with Crippen LogP contribution < -0.4 is 10.1 Å². The van der Waals surface area contributed by atoms with Crippen LogP contribution >= 0.6 is 0 Å². The predicted molar refractivity (Wildman–Crippen MR) is 83.0 cm³/mol. The summed E-state index contributed by atoms with van der Waals surface area (Å²) < 4.78 is 47.4. The van der Waals surface area contributed by atoms with Gasteiger partial charge in [-0.25, -0.2) is 9.36 Å². The first kappa shape index (κ1) is 20.2. The number of carbonyl (C=O) groups excluding carboxylic acids is 1. The molecule has 0 aliphatic rings. The van der Waals surface area contributed by atoms with Crippen molar-refractivity contribution in [2.24, 2.45) is 0 Å². The SMILES string of the molecule is COc1nn(C(C)C(=O)Nc2cnn(COCC(F)(F)F)c2)cc1[N+](=O)[O-]. The number of hydrogen-bond acceptors (Lipinski definition) is 7. The maximum Gasteiger partial charge on any atom is 0.411 e. The lowest BCUT2D eigenvalue weighted by atomic mass is 10.3. The van der Waals surface area contributed by atoms with Crippen molar-refractivity contribution in [1.29, 1.82) is 0 Å². The summed E-state index contributed by atoms with van der Waals surface area (Å²) in [5.74, 6) is -0.819. The third kappa shape index (κ3) is 5.40. The van der Waals surface area contributed by atoms with Crippen LogP contribution in [0.15, 0.2) is 18.6 Å². The zero-order chi connectivity index (χ0) is 20.2. The quantitative estimate of drug-likeness (QED) is 0.535. The van der Waals surface area contributed by atoms with Crippen LogP contribution in [0.4, 0.5) is 24.5 Å². The number of nitrogens with one attached hydrogen (secondary N) is 1. The monoisotopic (exact) mass is 392 g/mol. The first-order chi connectivity index (χ1) is 12.6. The summed E-state index contributed by atoms with van der Waals surface area (Å²) in [6, 6.07) is -0.933. The van der Waals surface area contributed by atoms with Gasteiger partial charge in [0.15, 0.2) is 0 Å². The fraction of sp³-hybridized carbons (Fsp3) is 0.462. The van der Waals surface area contributed by atoms with Crippen molar-refractivity contribution in [3.05, 3.63) is 28.7 Å². The van der Waals surface area contributed by atoms with Crippen molar-refractivity contribution in [3.63, 3.8) is 0 Å². The van der Waals surface area contributed by atoms with Gasteiger partial charge in [0.1, 0.15) is 25.6 Å². The molecule has 2 heterocycles. The third-order valence-electron chi connectivity index (χ3n) is 3.24. The molecule has 2 aromatic rings. The first-order valence-corrected chi connectivity index (χ1v) is 7.36. The van der Waals surface area contributed by atoms with E-state index in [1.54, 1.807) is 0 Å². The Morgan fingerprint density at radius 1 is 1.44 bits per heavy atom. The van der Waals surface area contributed by atoms with E-state index >= 15 is 0 Å². The Morgan fingerprint density at radius 2 is 2.15 bits per heavy atom. The van der Waals surface area contributed by atoms with E-state index in [1.165, 1.54) is 26.4 Å². The highest BCUT2D eigenvalue weighted by atomic mass is 19.4.